The topological polar surface area (TPSA) is 40.5 Å². The van der Waals surface area contributed by atoms with Crippen LogP contribution in [0.4, 0.5) is 0 Å². The van der Waals surface area contributed by atoms with E-state index in [1.807, 2.05) is 27.7 Å². The molecule has 1 saturated heterocycles. The number of aliphatic hydroxyl groups is 1. The van der Waals surface area contributed by atoms with E-state index in [0.29, 0.717) is 19.0 Å². The maximum atomic E-state index is 11.5. The Balaban J connectivity index is 2.55. The van der Waals surface area contributed by atoms with Crippen LogP contribution in [0.3, 0.4) is 0 Å². The Bertz CT molecular complexity index is 220. The van der Waals surface area contributed by atoms with Crippen molar-refractivity contribution in [2.75, 3.05) is 6.54 Å². The number of carbonyl (C=O) groups is 1. The summed E-state index contributed by atoms with van der Waals surface area (Å²) in [5, 5.41) is 9.89. The van der Waals surface area contributed by atoms with Gasteiger partial charge in [0.05, 0.1) is 6.10 Å². The van der Waals surface area contributed by atoms with Gasteiger partial charge in [-0.05, 0) is 18.8 Å². The Kier molecular flexibility index (Phi) is 3.20. The first-order valence-corrected chi connectivity index (χ1v) is 5.30. The van der Waals surface area contributed by atoms with Crippen molar-refractivity contribution in [2.24, 2.45) is 5.41 Å². The minimum Gasteiger partial charge on any atom is -0.391 e. The fraction of sp³-hybridized carbons (Fsp3) is 0.909. The van der Waals surface area contributed by atoms with Crippen molar-refractivity contribution in [3.8, 4) is 0 Å². The van der Waals surface area contributed by atoms with Crippen molar-refractivity contribution in [1.82, 2.24) is 4.90 Å². The number of hydrogen-bond acceptors (Lipinski definition) is 2. The molecule has 1 N–H and O–H groups in total. The van der Waals surface area contributed by atoms with Crippen LogP contribution in [0.5, 0.6) is 0 Å². The molecule has 0 aromatic carbocycles. The summed E-state index contributed by atoms with van der Waals surface area (Å²) in [4.78, 5) is 13.3. The summed E-state index contributed by atoms with van der Waals surface area (Å²) < 4.78 is 0. The summed E-state index contributed by atoms with van der Waals surface area (Å²) in [5.41, 5.74) is -0.150. The highest BCUT2D eigenvalue weighted by Crippen LogP contribution is 2.24. The lowest BCUT2D eigenvalue weighted by Crippen LogP contribution is -2.42. The number of aliphatic hydroxyl groups excluding tert-OH is 1. The molecule has 0 aliphatic carbocycles. The summed E-state index contributed by atoms with van der Waals surface area (Å²) in [6.07, 6.45) is 1.13. The van der Waals surface area contributed by atoms with Gasteiger partial charge in [0.2, 0.25) is 5.91 Å². The highest BCUT2D eigenvalue weighted by atomic mass is 16.3. The van der Waals surface area contributed by atoms with Crippen LogP contribution in [-0.4, -0.2) is 34.6 Å². The fourth-order valence-electron chi connectivity index (χ4n) is 1.62. The van der Waals surface area contributed by atoms with Crippen LogP contribution in [0.25, 0.3) is 0 Å². The summed E-state index contributed by atoms with van der Waals surface area (Å²) in [5.74, 6) is 0.181. The molecule has 2 atom stereocenters. The van der Waals surface area contributed by atoms with Crippen molar-refractivity contribution >= 4 is 5.91 Å². The third-order valence-corrected chi connectivity index (χ3v) is 3.00. The van der Waals surface area contributed by atoms with E-state index in [2.05, 4.69) is 0 Å². The van der Waals surface area contributed by atoms with Gasteiger partial charge in [0.25, 0.3) is 0 Å². The van der Waals surface area contributed by atoms with Crippen LogP contribution in [0.1, 0.15) is 40.5 Å². The van der Waals surface area contributed by atoms with Gasteiger partial charge in [0.15, 0.2) is 0 Å². The second-order valence-corrected chi connectivity index (χ2v) is 5.32. The second kappa shape index (κ2) is 3.89. The lowest BCUT2D eigenvalue weighted by molar-refractivity contribution is -0.131. The van der Waals surface area contributed by atoms with Gasteiger partial charge in [-0.3, -0.25) is 4.79 Å². The second-order valence-electron chi connectivity index (χ2n) is 5.32. The van der Waals surface area contributed by atoms with Gasteiger partial charge in [0.1, 0.15) is 0 Å². The van der Waals surface area contributed by atoms with Crippen LogP contribution < -0.4 is 0 Å². The quantitative estimate of drug-likeness (QED) is 0.730. The number of nitrogens with zero attached hydrogens (tertiary/aromatic N) is 1. The Morgan fingerprint density at radius 1 is 1.57 bits per heavy atom. The molecule has 2 unspecified atom stereocenters. The predicted molar refractivity (Wildman–Crippen MR) is 55.9 cm³/mol. The van der Waals surface area contributed by atoms with E-state index in [9.17, 15) is 9.90 Å². The van der Waals surface area contributed by atoms with Crippen LogP contribution >= 0.6 is 0 Å². The molecule has 0 spiro atoms. The zero-order chi connectivity index (χ0) is 10.9. The monoisotopic (exact) mass is 199 g/mol. The maximum Gasteiger partial charge on any atom is 0.222 e. The number of likely N-dealkylation sites (tertiary alicyclic amines) is 1. The Morgan fingerprint density at radius 2 is 2.14 bits per heavy atom. The molecule has 1 amide bonds. The molecule has 14 heavy (non-hydrogen) atoms. The molecule has 1 fully saturated rings. The van der Waals surface area contributed by atoms with E-state index in [1.165, 1.54) is 0 Å². The van der Waals surface area contributed by atoms with Crippen molar-refractivity contribution in [3.63, 3.8) is 0 Å². The smallest absolute Gasteiger partial charge is 0.222 e. The largest absolute Gasteiger partial charge is 0.391 e. The van der Waals surface area contributed by atoms with E-state index in [4.69, 9.17) is 0 Å². The summed E-state index contributed by atoms with van der Waals surface area (Å²) in [6.45, 7) is 8.48. The molecule has 0 bridgehead atoms. The zero-order valence-corrected chi connectivity index (χ0v) is 9.58. The first kappa shape index (κ1) is 11.5. The third kappa shape index (κ3) is 2.47. The Hall–Kier alpha value is -0.570. The summed E-state index contributed by atoms with van der Waals surface area (Å²) >= 11 is 0. The lowest BCUT2D eigenvalue weighted by Gasteiger charge is -2.31. The number of β-amino-alcohol motifs (C(OH)–C–C–N with tert-alkyl or cyclic N) is 1. The molecular formula is C11H21NO2. The third-order valence-electron chi connectivity index (χ3n) is 3.00. The Morgan fingerprint density at radius 3 is 2.50 bits per heavy atom. The fourth-order valence-corrected chi connectivity index (χ4v) is 1.62. The van der Waals surface area contributed by atoms with Crippen LogP contribution in [-0.2, 0) is 4.79 Å². The molecule has 1 aliphatic heterocycles. The van der Waals surface area contributed by atoms with Crippen LogP contribution in [0.15, 0.2) is 0 Å². The van der Waals surface area contributed by atoms with E-state index in [0.717, 1.165) is 6.42 Å². The van der Waals surface area contributed by atoms with Gasteiger partial charge in [-0.2, -0.15) is 0 Å². The molecule has 1 aliphatic rings. The van der Waals surface area contributed by atoms with Gasteiger partial charge in [-0.15, -0.1) is 0 Å². The molecule has 3 nitrogen and oxygen atoms in total. The van der Waals surface area contributed by atoms with E-state index in [1.54, 1.807) is 4.90 Å². The van der Waals surface area contributed by atoms with Crippen molar-refractivity contribution < 1.29 is 9.90 Å². The molecule has 82 valence electrons. The zero-order valence-electron chi connectivity index (χ0n) is 9.58. The molecule has 0 aromatic heterocycles. The maximum absolute atomic E-state index is 11.5. The van der Waals surface area contributed by atoms with Crippen molar-refractivity contribution in [3.05, 3.63) is 0 Å². The van der Waals surface area contributed by atoms with E-state index < -0.39 is 6.10 Å². The van der Waals surface area contributed by atoms with Gasteiger partial charge in [-0.1, -0.05) is 20.8 Å². The molecule has 1 rings (SSSR count). The highest BCUT2D eigenvalue weighted by Gasteiger charge is 2.32. The van der Waals surface area contributed by atoms with E-state index in [-0.39, 0.29) is 11.3 Å². The molecule has 0 saturated carbocycles. The number of rotatable bonds is 2. The highest BCUT2D eigenvalue weighted by molar-refractivity contribution is 5.78. The van der Waals surface area contributed by atoms with Gasteiger partial charge < -0.3 is 10.0 Å². The average Bonchev–Trinajstić information content (AvgIpc) is 2.34. The first-order chi connectivity index (χ1) is 6.32. The minimum atomic E-state index is -0.438. The molecular weight excluding hydrogens is 178 g/mol. The predicted octanol–water partition coefficient (Wildman–Crippen LogP) is 1.40. The van der Waals surface area contributed by atoms with Gasteiger partial charge in [-0.25, -0.2) is 0 Å². The van der Waals surface area contributed by atoms with Gasteiger partial charge >= 0.3 is 0 Å². The van der Waals surface area contributed by atoms with Crippen LogP contribution in [0.2, 0.25) is 0 Å². The summed E-state index contributed by atoms with van der Waals surface area (Å²) in [6, 6.07) is 0.291. The van der Waals surface area contributed by atoms with Crippen molar-refractivity contribution in [2.45, 2.75) is 52.7 Å². The summed E-state index contributed by atoms with van der Waals surface area (Å²) in [7, 11) is 0. The van der Waals surface area contributed by atoms with Crippen LogP contribution in [0, 0.1) is 5.41 Å². The molecule has 0 radical (unpaired) electrons. The minimum absolute atomic E-state index is 0.150. The first-order valence-electron chi connectivity index (χ1n) is 5.30. The standard InChI is InChI=1S/C11H21NO2/c1-8-5-6-10(14)12(8)7-9(13)11(2,3)4/h8-9,13H,5-7H2,1-4H3. The average molecular weight is 199 g/mol. The van der Waals surface area contributed by atoms with Crippen molar-refractivity contribution in [1.29, 1.82) is 0 Å². The lowest BCUT2D eigenvalue weighted by atomic mass is 9.89. The molecule has 3 heteroatoms. The van der Waals surface area contributed by atoms with Gasteiger partial charge in [0, 0.05) is 19.0 Å². The molecule has 1 heterocycles. The SMILES string of the molecule is CC1CCC(=O)N1CC(O)C(C)(C)C. The molecule has 0 aromatic rings. The number of hydrogen-bond donors (Lipinski definition) is 1. The van der Waals surface area contributed by atoms with E-state index >= 15 is 0 Å². The Labute approximate surface area is 86.1 Å². The number of carbonyl (C=O) groups excluding carboxylic acids is 1. The normalized spacial score (nSPS) is 25.6. The number of amides is 1.